The molecular formula is C15H20N2O3. The number of hydrogen-bond donors (Lipinski definition) is 0. The number of hydrogen-bond acceptors (Lipinski definition) is 4. The van der Waals surface area contributed by atoms with E-state index in [2.05, 4.69) is 4.98 Å². The monoisotopic (exact) mass is 276 g/mol. The van der Waals surface area contributed by atoms with E-state index in [-0.39, 0.29) is 17.8 Å². The van der Waals surface area contributed by atoms with Crippen LogP contribution in [0.5, 0.6) is 0 Å². The van der Waals surface area contributed by atoms with Crippen LogP contribution in [0.25, 0.3) is 0 Å². The third-order valence-electron chi connectivity index (χ3n) is 3.17. The number of carbonyl (C=O) groups excluding carboxylic acids is 2. The van der Waals surface area contributed by atoms with Crippen LogP contribution in [0, 0.1) is 0 Å². The second-order valence-electron chi connectivity index (χ2n) is 6.15. The van der Waals surface area contributed by atoms with Crippen LogP contribution in [0.3, 0.4) is 0 Å². The number of carbonyl (C=O) groups is 2. The predicted molar refractivity (Wildman–Crippen MR) is 74.8 cm³/mol. The van der Waals surface area contributed by atoms with Crippen LogP contribution in [0.4, 0.5) is 4.79 Å². The topological polar surface area (TPSA) is 59.5 Å². The van der Waals surface area contributed by atoms with Gasteiger partial charge in [-0.25, -0.2) is 4.79 Å². The Hall–Kier alpha value is -1.91. The number of pyridine rings is 1. The van der Waals surface area contributed by atoms with Crippen molar-refractivity contribution in [3.05, 3.63) is 29.6 Å². The number of ketones is 1. The lowest BCUT2D eigenvalue weighted by Crippen LogP contribution is -2.50. The number of rotatable bonds is 2. The van der Waals surface area contributed by atoms with Gasteiger partial charge in [0.25, 0.3) is 0 Å². The van der Waals surface area contributed by atoms with E-state index in [0.29, 0.717) is 18.7 Å². The smallest absolute Gasteiger partial charge is 0.410 e. The summed E-state index contributed by atoms with van der Waals surface area (Å²) in [6.45, 7) is 8.29. The summed E-state index contributed by atoms with van der Waals surface area (Å²) in [6.07, 6.45) is 3.03. The number of amides is 1. The second kappa shape index (κ2) is 5.23. The molecule has 0 aromatic carbocycles. The summed E-state index contributed by atoms with van der Waals surface area (Å²) in [5.41, 5.74) is 1.13. The maximum atomic E-state index is 11.8. The third-order valence-corrected chi connectivity index (χ3v) is 3.17. The first-order chi connectivity index (χ1) is 9.26. The molecule has 0 radical (unpaired) electrons. The molecule has 0 N–H and O–H groups in total. The molecule has 0 saturated carbocycles. The first kappa shape index (κ1) is 14.5. The van der Waals surface area contributed by atoms with Gasteiger partial charge in [0.2, 0.25) is 0 Å². The predicted octanol–water partition coefficient (Wildman–Crippen LogP) is 2.62. The average molecular weight is 276 g/mol. The molecule has 0 aliphatic carbocycles. The highest BCUT2D eigenvalue weighted by Gasteiger charge is 2.34. The quantitative estimate of drug-likeness (QED) is 0.779. The van der Waals surface area contributed by atoms with E-state index in [0.717, 1.165) is 5.56 Å². The van der Waals surface area contributed by atoms with Crippen LogP contribution < -0.4 is 0 Å². The van der Waals surface area contributed by atoms with Crippen molar-refractivity contribution in [3.8, 4) is 0 Å². The summed E-state index contributed by atoms with van der Waals surface area (Å²) in [7, 11) is 0. The standard InChI is InChI=1S/C15H20N2O3/c1-10(18)11-5-12(7-16-6-11)13-8-17(9-13)14(19)20-15(2,3)4/h5-7,13H,8-9H2,1-4H3. The molecule has 2 heterocycles. The third kappa shape index (κ3) is 3.35. The van der Waals surface area contributed by atoms with Gasteiger partial charge in [0.1, 0.15) is 5.60 Å². The zero-order chi connectivity index (χ0) is 14.9. The minimum Gasteiger partial charge on any atom is -0.444 e. The summed E-state index contributed by atoms with van der Waals surface area (Å²) in [5, 5.41) is 0. The summed E-state index contributed by atoms with van der Waals surface area (Å²) in [5.74, 6) is 0.233. The number of nitrogens with zero attached hydrogens (tertiary/aromatic N) is 2. The van der Waals surface area contributed by atoms with Crippen molar-refractivity contribution in [2.75, 3.05) is 13.1 Å². The summed E-state index contributed by atoms with van der Waals surface area (Å²) in [4.78, 5) is 28.9. The average Bonchev–Trinajstić information content (AvgIpc) is 2.24. The van der Waals surface area contributed by atoms with Crippen LogP contribution in [0.15, 0.2) is 18.5 Å². The summed E-state index contributed by atoms with van der Waals surface area (Å²) < 4.78 is 5.31. The normalized spacial score (nSPS) is 15.7. The summed E-state index contributed by atoms with van der Waals surface area (Å²) >= 11 is 0. The van der Waals surface area contributed by atoms with Crippen LogP contribution in [-0.2, 0) is 4.74 Å². The van der Waals surface area contributed by atoms with Gasteiger partial charge in [-0.05, 0) is 39.3 Å². The Morgan fingerprint density at radius 1 is 1.30 bits per heavy atom. The molecule has 1 aromatic rings. The van der Waals surface area contributed by atoms with E-state index in [1.807, 2.05) is 26.8 Å². The molecule has 20 heavy (non-hydrogen) atoms. The van der Waals surface area contributed by atoms with Gasteiger partial charge < -0.3 is 9.64 Å². The van der Waals surface area contributed by atoms with Gasteiger partial charge in [-0.3, -0.25) is 9.78 Å². The molecule has 1 aromatic heterocycles. The maximum Gasteiger partial charge on any atom is 0.410 e. The molecule has 1 aliphatic heterocycles. The lowest BCUT2D eigenvalue weighted by atomic mass is 9.92. The fourth-order valence-electron chi connectivity index (χ4n) is 2.04. The lowest BCUT2D eigenvalue weighted by Gasteiger charge is -2.39. The molecule has 0 spiro atoms. The van der Waals surface area contributed by atoms with Gasteiger partial charge in [-0.15, -0.1) is 0 Å². The van der Waals surface area contributed by atoms with Gasteiger partial charge in [0.05, 0.1) is 0 Å². The van der Waals surface area contributed by atoms with E-state index < -0.39 is 5.60 Å². The van der Waals surface area contributed by atoms with Crippen LogP contribution in [0.2, 0.25) is 0 Å². The van der Waals surface area contributed by atoms with Gasteiger partial charge in [-0.1, -0.05) is 0 Å². The van der Waals surface area contributed by atoms with Crippen molar-refractivity contribution in [2.45, 2.75) is 39.2 Å². The highest BCUT2D eigenvalue weighted by Crippen LogP contribution is 2.28. The van der Waals surface area contributed by atoms with Crippen molar-refractivity contribution in [3.63, 3.8) is 0 Å². The molecule has 5 nitrogen and oxygen atoms in total. The SMILES string of the molecule is CC(=O)c1cncc(C2CN(C(=O)OC(C)(C)C)C2)c1. The minimum absolute atomic E-state index is 0.00247. The molecule has 0 atom stereocenters. The number of Topliss-reactive ketones (excluding diaryl/α,β-unsaturated/α-hetero) is 1. The summed E-state index contributed by atoms with van der Waals surface area (Å²) in [6, 6.07) is 1.85. The van der Waals surface area contributed by atoms with Crippen LogP contribution in [-0.4, -0.2) is 40.5 Å². The van der Waals surface area contributed by atoms with Crippen molar-refractivity contribution in [1.82, 2.24) is 9.88 Å². The van der Waals surface area contributed by atoms with Gasteiger partial charge in [0.15, 0.2) is 5.78 Å². The first-order valence-electron chi connectivity index (χ1n) is 6.70. The van der Waals surface area contributed by atoms with Gasteiger partial charge in [0, 0.05) is 37.0 Å². The second-order valence-corrected chi connectivity index (χ2v) is 6.15. The Bertz CT molecular complexity index is 528. The van der Waals surface area contributed by atoms with E-state index in [4.69, 9.17) is 4.74 Å². The van der Waals surface area contributed by atoms with E-state index in [1.165, 1.54) is 6.92 Å². The van der Waals surface area contributed by atoms with Gasteiger partial charge >= 0.3 is 6.09 Å². The number of aromatic nitrogens is 1. The molecule has 0 bridgehead atoms. The minimum atomic E-state index is -0.474. The molecule has 2 rings (SSSR count). The van der Waals surface area contributed by atoms with Crippen molar-refractivity contribution < 1.29 is 14.3 Å². The molecule has 5 heteroatoms. The van der Waals surface area contributed by atoms with E-state index in [1.54, 1.807) is 17.3 Å². The molecular weight excluding hydrogens is 256 g/mol. The molecule has 1 aliphatic rings. The van der Waals surface area contributed by atoms with E-state index >= 15 is 0 Å². The van der Waals surface area contributed by atoms with E-state index in [9.17, 15) is 9.59 Å². The molecule has 1 fully saturated rings. The van der Waals surface area contributed by atoms with Crippen molar-refractivity contribution in [1.29, 1.82) is 0 Å². The zero-order valence-corrected chi connectivity index (χ0v) is 12.3. The lowest BCUT2D eigenvalue weighted by molar-refractivity contribution is 0.00815. The van der Waals surface area contributed by atoms with Gasteiger partial charge in [-0.2, -0.15) is 0 Å². The molecule has 108 valence electrons. The Balaban J connectivity index is 1.95. The number of ether oxygens (including phenoxy) is 1. The molecule has 0 unspecified atom stereocenters. The Labute approximate surface area is 118 Å². The van der Waals surface area contributed by atoms with Crippen LogP contribution >= 0.6 is 0 Å². The molecule has 1 saturated heterocycles. The fraction of sp³-hybridized carbons (Fsp3) is 0.533. The van der Waals surface area contributed by atoms with Crippen LogP contribution in [0.1, 0.15) is 49.5 Å². The Kier molecular flexibility index (Phi) is 3.79. The maximum absolute atomic E-state index is 11.8. The number of likely N-dealkylation sites (tertiary alicyclic amines) is 1. The largest absolute Gasteiger partial charge is 0.444 e. The van der Waals surface area contributed by atoms with Crippen molar-refractivity contribution >= 4 is 11.9 Å². The molecule has 1 amide bonds. The Morgan fingerprint density at radius 3 is 2.50 bits per heavy atom. The Morgan fingerprint density at radius 2 is 1.95 bits per heavy atom. The van der Waals surface area contributed by atoms with Crippen molar-refractivity contribution in [2.24, 2.45) is 0 Å². The highest BCUT2D eigenvalue weighted by atomic mass is 16.6. The highest BCUT2D eigenvalue weighted by molar-refractivity contribution is 5.93. The zero-order valence-electron chi connectivity index (χ0n) is 12.3. The fourth-order valence-corrected chi connectivity index (χ4v) is 2.04. The first-order valence-corrected chi connectivity index (χ1v) is 6.70.